The Hall–Kier alpha value is -3.55. The number of para-hydroxylation sites is 1. The number of aliphatic carboxylic acids is 1. The summed E-state index contributed by atoms with van der Waals surface area (Å²) < 4.78 is 12.0. The summed E-state index contributed by atoms with van der Waals surface area (Å²) in [6.45, 7) is 4.32. The van der Waals surface area contributed by atoms with Crippen LogP contribution in [0.15, 0.2) is 42.5 Å². The van der Waals surface area contributed by atoms with E-state index in [1.807, 2.05) is 49.1 Å². The number of nitro groups is 1. The van der Waals surface area contributed by atoms with Crippen LogP contribution in [-0.2, 0) is 10.2 Å². The SMILES string of the molecule is COc1cc([N+](=O)[O-])cc2c1OC1(C=C2)N(CCC(=O)O)c2ccccc2C1(C)C. The average Bonchev–Trinajstić information content (AvgIpc) is 2.89. The minimum absolute atomic E-state index is 0.0619. The van der Waals surface area contributed by atoms with Crippen molar-refractivity contribution in [3.8, 4) is 11.5 Å². The number of ether oxygens (including phenoxy) is 2. The maximum Gasteiger partial charge on any atom is 0.305 e. The zero-order valence-corrected chi connectivity index (χ0v) is 16.9. The van der Waals surface area contributed by atoms with Gasteiger partial charge in [0, 0.05) is 23.9 Å². The molecule has 2 aromatic rings. The van der Waals surface area contributed by atoms with E-state index in [1.54, 1.807) is 6.08 Å². The first-order chi connectivity index (χ1) is 14.2. The number of nitrogens with zero attached hydrogens (tertiary/aromatic N) is 2. The van der Waals surface area contributed by atoms with E-state index in [1.165, 1.54) is 19.2 Å². The fourth-order valence-corrected chi connectivity index (χ4v) is 4.41. The third kappa shape index (κ3) is 2.71. The summed E-state index contributed by atoms with van der Waals surface area (Å²) in [6, 6.07) is 10.6. The van der Waals surface area contributed by atoms with E-state index in [-0.39, 0.29) is 24.4 Å². The Balaban J connectivity index is 1.88. The minimum atomic E-state index is -1.01. The molecule has 1 atom stereocenters. The van der Waals surface area contributed by atoms with Gasteiger partial charge in [0.2, 0.25) is 5.72 Å². The third-order valence-corrected chi connectivity index (χ3v) is 5.96. The molecule has 0 fully saturated rings. The molecule has 2 aliphatic rings. The maximum atomic E-state index is 11.3. The highest BCUT2D eigenvalue weighted by Crippen LogP contribution is 2.56. The Morgan fingerprint density at radius 2 is 2.03 bits per heavy atom. The van der Waals surface area contributed by atoms with Gasteiger partial charge in [0.25, 0.3) is 5.69 Å². The summed E-state index contributed by atoms with van der Waals surface area (Å²) in [6.07, 6.45) is 3.59. The van der Waals surface area contributed by atoms with Gasteiger partial charge >= 0.3 is 5.97 Å². The van der Waals surface area contributed by atoms with E-state index >= 15 is 0 Å². The molecule has 8 heteroatoms. The first kappa shape index (κ1) is 19.8. The molecule has 2 aliphatic heterocycles. The zero-order valence-electron chi connectivity index (χ0n) is 16.9. The van der Waals surface area contributed by atoms with E-state index < -0.39 is 22.0 Å². The van der Waals surface area contributed by atoms with Gasteiger partial charge in [-0.3, -0.25) is 14.9 Å². The second kappa shape index (κ2) is 6.76. The number of methoxy groups -OCH3 is 1. The number of nitro benzene ring substituents is 1. The molecule has 0 amide bonds. The molecule has 1 spiro atoms. The average molecular weight is 410 g/mol. The van der Waals surface area contributed by atoms with Gasteiger partial charge in [-0.1, -0.05) is 18.2 Å². The highest BCUT2D eigenvalue weighted by atomic mass is 16.6. The van der Waals surface area contributed by atoms with Crippen LogP contribution in [0, 0.1) is 10.1 Å². The van der Waals surface area contributed by atoms with E-state index in [4.69, 9.17) is 9.47 Å². The van der Waals surface area contributed by atoms with Crippen molar-refractivity contribution in [2.75, 3.05) is 18.6 Å². The number of hydrogen-bond acceptors (Lipinski definition) is 6. The number of rotatable bonds is 5. The number of benzene rings is 2. The molecule has 156 valence electrons. The van der Waals surface area contributed by atoms with Crippen LogP contribution in [0.5, 0.6) is 11.5 Å². The van der Waals surface area contributed by atoms with Gasteiger partial charge in [0.1, 0.15) is 0 Å². The molecule has 0 saturated carbocycles. The van der Waals surface area contributed by atoms with E-state index in [0.29, 0.717) is 11.3 Å². The number of carboxylic acids is 1. The van der Waals surface area contributed by atoms with Gasteiger partial charge < -0.3 is 19.5 Å². The molecule has 8 nitrogen and oxygen atoms in total. The van der Waals surface area contributed by atoms with Crippen molar-refractivity contribution in [1.29, 1.82) is 0 Å². The Labute approximate surface area is 173 Å². The smallest absolute Gasteiger partial charge is 0.305 e. The summed E-state index contributed by atoms with van der Waals surface area (Å²) >= 11 is 0. The predicted molar refractivity (Wildman–Crippen MR) is 111 cm³/mol. The summed E-state index contributed by atoms with van der Waals surface area (Å²) in [4.78, 5) is 24.1. The van der Waals surface area contributed by atoms with Crippen LogP contribution in [-0.4, -0.2) is 35.4 Å². The first-order valence-electron chi connectivity index (χ1n) is 9.55. The fraction of sp³-hybridized carbons (Fsp3) is 0.318. The van der Waals surface area contributed by atoms with Crippen LogP contribution in [0.25, 0.3) is 6.08 Å². The van der Waals surface area contributed by atoms with E-state index in [0.717, 1.165) is 11.3 Å². The molecular formula is C22H22N2O6. The third-order valence-electron chi connectivity index (χ3n) is 5.96. The van der Waals surface area contributed by atoms with Gasteiger partial charge in [-0.15, -0.1) is 0 Å². The van der Waals surface area contributed by atoms with Gasteiger partial charge in [0.05, 0.1) is 29.9 Å². The molecule has 0 aliphatic carbocycles. The summed E-state index contributed by atoms with van der Waals surface area (Å²) in [5, 5.41) is 20.6. The quantitative estimate of drug-likeness (QED) is 0.587. The standard InChI is InChI=1S/C22H22N2O6/c1-21(2)16-6-4-5-7-17(16)23(11-9-19(25)26)22(21)10-8-14-12-15(24(27)28)13-18(29-3)20(14)30-22/h4-8,10,12-13H,9,11H2,1-3H3,(H,25,26). The molecule has 0 saturated heterocycles. The number of hydrogen-bond donors (Lipinski definition) is 1. The lowest BCUT2D eigenvalue weighted by Gasteiger charge is -2.47. The molecule has 30 heavy (non-hydrogen) atoms. The van der Waals surface area contributed by atoms with Crippen molar-refractivity contribution in [2.24, 2.45) is 0 Å². The molecule has 0 aromatic heterocycles. The second-order valence-corrected chi connectivity index (χ2v) is 7.89. The Bertz CT molecular complexity index is 1080. The van der Waals surface area contributed by atoms with Crippen LogP contribution in [0.4, 0.5) is 11.4 Å². The predicted octanol–water partition coefficient (Wildman–Crippen LogP) is 3.98. The number of fused-ring (bicyclic) bond motifs is 2. The van der Waals surface area contributed by atoms with Gasteiger partial charge in [0.15, 0.2) is 11.5 Å². The number of non-ortho nitro benzene ring substituents is 1. The largest absolute Gasteiger partial charge is 0.493 e. The molecule has 2 aromatic carbocycles. The Morgan fingerprint density at radius 1 is 1.30 bits per heavy atom. The van der Waals surface area contributed by atoms with Crippen LogP contribution in [0.2, 0.25) is 0 Å². The Kier molecular flexibility index (Phi) is 4.45. The molecule has 0 bridgehead atoms. The van der Waals surface area contributed by atoms with Gasteiger partial charge in [-0.2, -0.15) is 0 Å². The van der Waals surface area contributed by atoms with Crippen molar-refractivity contribution >= 4 is 23.4 Å². The number of carbonyl (C=O) groups is 1. The normalized spacial score (nSPS) is 20.4. The topological polar surface area (TPSA) is 102 Å². The van der Waals surface area contributed by atoms with Crippen LogP contribution in [0.3, 0.4) is 0 Å². The van der Waals surface area contributed by atoms with Crippen molar-refractivity contribution in [3.05, 3.63) is 63.7 Å². The molecule has 2 heterocycles. The van der Waals surface area contributed by atoms with Gasteiger partial charge in [-0.25, -0.2) is 0 Å². The fourth-order valence-electron chi connectivity index (χ4n) is 4.41. The van der Waals surface area contributed by atoms with E-state index in [9.17, 15) is 20.0 Å². The molecule has 4 rings (SSSR count). The molecule has 1 N–H and O–H groups in total. The lowest BCUT2D eigenvalue weighted by atomic mass is 9.76. The summed E-state index contributed by atoms with van der Waals surface area (Å²) in [5.74, 6) is -0.250. The van der Waals surface area contributed by atoms with Crippen LogP contribution >= 0.6 is 0 Å². The maximum absolute atomic E-state index is 11.3. The highest BCUT2D eigenvalue weighted by Gasteiger charge is 2.59. The second-order valence-electron chi connectivity index (χ2n) is 7.89. The minimum Gasteiger partial charge on any atom is -0.493 e. The van der Waals surface area contributed by atoms with E-state index in [2.05, 4.69) is 0 Å². The monoisotopic (exact) mass is 410 g/mol. The molecule has 0 radical (unpaired) electrons. The van der Waals surface area contributed by atoms with Crippen molar-refractivity contribution in [1.82, 2.24) is 0 Å². The zero-order chi connectivity index (χ0) is 21.7. The summed E-state index contributed by atoms with van der Waals surface area (Å²) in [5.41, 5.74) is 0.830. The lowest BCUT2D eigenvalue weighted by molar-refractivity contribution is -0.385. The van der Waals surface area contributed by atoms with Crippen LogP contribution in [0.1, 0.15) is 31.4 Å². The highest BCUT2D eigenvalue weighted by molar-refractivity contribution is 5.76. The molecule has 1 unspecified atom stereocenters. The number of anilines is 1. The Morgan fingerprint density at radius 3 is 2.70 bits per heavy atom. The number of carboxylic acid groups (broad SMARTS) is 1. The van der Waals surface area contributed by atoms with Crippen molar-refractivity contribution in [2.45, 2.75) is 31.4 Å². The van der Waals surface area contributed by atoms with Crippen LogP contribution < -0.4 is 14.4 Å². The first-order valence-corrected chi connectivity index (χ1v) is 9.55. The lowest BCUT2D eigenvalue weighted by Crippen LogP contribution is -2.60. The van der Waals surface area contributed by atoms with Gasteiger partial charge in [-0.05, 0) is 37.6 Å². The van der Waals surface area contributed by atoms with Crippen molar-refractivity contribution < 1.29 is 24.3 Å². The molecular weight excluding hydrogens is 388 g/mol. The summed E-state index contributed by atoms with van der Waals surface area (Å²) in [7, 11) is 1.43. The van der Waals surface area contributed by atoms with Crippen molar-refractivity contribution in [3.63, 3.8) is 0 Å².